The fourth-order valence-corrected chi connectivity index (χ4v) is 3.53. The number of nitrogens with one attached hydrogen (secondary N) is 2. The molecule has 1 heterocycles. The maximum absolute atomic E-state index is 12.5. The molecule has 7 nitrogen and oxygen atoms in total. The summed E-state index contributed by atoms with van der Waals surface area (Å²) in [6, 6.07) is 13.4. The molecule has 0 radical (unpaired) electrons. The van der Waals surface area contributed by atoms with Crippen LogP contribution in [0.4, 0.5) is 17.1 Å². The molecule has 1 saturated heterocycles. The predicted molar refractivity (Wildman–Crippen MR) is 106 cm³/mol. The Balaban J connectivity index is 1.75. The van der Waals surface area contributed by atoms with Gasteiger partial charge < -0.3 is 10.2 Å². The summed E-state index contributed by atoms with van der Waals surface area (Å²) >= 11 is 0. The van der Waals surface area contributed by atoms with Gasteiger partial charge in [0.15, 0.2) is 0 Å². The van der Waals surface area contributed by atoms with E-state index in [0.29, 0.717) is 29.9 Å². The molecular weight excluding hydrogens is 366 g/mol. The lowest BCUT2D eigenvalue weighted by Gasteiger charge is -2.27. The number of hydrogen-bond donors (Lipinski definition) is 2. The lowest BCUT2D eigenvalue weighted by Crippen LogP contribution is -2.35. The standard InChI is InChI=1S/C19H21N3O4S/c1-27(25,26)21-16-8-4-6-14(12-16)19(24)20-15-7-5-9-17(13-15)22-11-3-2-10-18(22)23/h4-9,12-13,21H,2-3,10-11H2,1H3,(H,20,24). The Bertz CT molecular complexity index is 972. The molecule has 142 valence electrons. The van der Waals surface area contributed by atoms with Gasteiger partial charge in [0, 0.05) is 35.6 Å². The molecule has 0 spiro atoms. The summed E-state index contributed by atoms with van der Waals surface area (Å²) in [5.41, 5.74) is 1.96. The average Bonchev–Trinajstić information content (AvgIpc) is 2.61. The molecule has 2 N–H and O–H groups in total. The molecule has 0 bridgehead atoms. The summed E-state index contributed by atoms with van der Waals surface area (Å²) in [6.45, 7) is 0.676. The highest BCUT2D eigenvalue weighted by Gasteiger charge is 2.20. The Morgan fingerprint density at radius 3 is 2.52 bits per heavy atom. The van der Waals surface area contributed by atoms with Gasteiger partial charge in [-0.05, 0) is 49.2 Å². The maximum atomic E-state index is 12.5. The highest BCUT2D eigenvalue weighted by molar-refractivity contribution is 7.92. The van der Waals surface area contributed by atoms with Gasteiger partial charge in [-0.15, -0.1) is 0 Å². The summed E-state index contributed by atoms with van der Waals surface area (Å²) in [5, 5.41) is 2.79. The fraction of sp³-hybridized carbons (Fsp3) is 0.263. The predicted octanol–water partition coefficient (Wildman–Crippen LogP) is 2.83. The molecule has 1 fully saturated rings. The number of rotatable bonds is 5. The van der Waals surface area contributed by atoms with Crippen LogP contribution < -0.4 is 14.9 Å². The van der Waals surface area contributed by atoms with Crippen LogP contribution in [0.3, 0.4) is 0 Å². The van der Waals surface area contributed by atoms with Gasteiger partial charge in [0.1, 0.15) is 0 Å². The van der Waals surface area contributed by atoms with Crippen molar-refractivity contribution in [3.05, 3.63) is 54.1 Å². The second kappa shape index (κ2) is 7.79. The Kier molecular flexibility index (Phi) is 5.46. The van der Waals surface area contributed by atoms with E-state index in [1.54, 1.807) is 41.3 Å². The van der Waals surface area contributed by atoms with Gasteiger partial charge in [-0.2, -0.15) is 0 Å². The number of sulfonamides is 1. The van der Waals surface area contributed by atoms with Crippen LogP contribution in [-0.2, 0) is 14.8 Å². The highest BCUT2D eigenvalue weighted by Crippen LogP contribution is 2.24. The van der Waals surface area contributed by atoms with Crippen LogP contribution in [0.5, 0.6) is 0 Å². The minimum Gasteiger partial charge on any atom is -0.322 e. The average molecular weight is 387 g/mol. The van der Waals surface area contributed by atoms with Gasteiger partial charge >= 0.3 is 0 Å². The summed E-state index contributed by atoms with van der Waals surface area (Å²) < 4.78 is 25.0. The quantitative estimate of drug-likeness (QED) is 0.825. The number of benzene rings is 2. The summed E-state index contributed by atoms with van der Waals surface area (Å²) in [5.74, 6) is -0.279. The van der Waals surface area contributed by atoms with Crippen molar-refractivity contribution in [3.8, 4) is 0 Å². The smallest absolute Gasteiger partial charge is 0.255 e. The molecule has 0 unspecified atom stereocenters. The van der Waals surface area contributed by atoms with Crippen molar-refractivity contribution < 1.29 is 18.0 Å². The van der Waals surface area contributed by atoms with Crippen molar-refractivity contribution in [2.75, 3.05) is 27.7 Å². The van der Waals surface area contributed by atoms with Crippen molar-refractivity contribution in [1.29, 1.82) is 0 Å². The molecule has 0 aliphatic carbocycles. The first-order valence-corrected chi connectivity index (χ1v) is 10.5. The van der Waals surface area contributed by atoms with Crippen LogP contribution in [-0.4, -0.2) is 33.0 Å². The number of piperidine rings is 1. The topological polar surface area (TPSA) is 95.6 Å². The minimum atomic E-state index is -3.42. The number of anilines is 3. The first-order valence-electron chi connectivity index (χ1n) is 8.61. The first kappa shape index (κ1) is 18.9. The molecule has 0 aromatic heterocycles. The maximum Gasteiger partial charge on any atom is 0.255 e. The van der Waals surface area contributed by atoms with Crippen molar-refractivity contribution in [2.24, 2.45) is 0 Å². The minimum absolute atomic E-state index is 0.0873. The van der Waals surface area contributed by atoms with Crippen LogP contribution >= 0.6 is 0 Å². The number of nitrogens with zero attached hydrogens (tertiary/aromatic N) is 1. The largest absolute Gasteiger partial charge is 0.322 e. The van der Waals surface area contributed by atoms with E-state index in [4.69, 9.17) is 0 Å². The number of amides is 2. The SMILES string of the molecule is CS(=O)(=O)Nc1cccc(C(=O)Nc2cccc(N3CCCCC3=O)c2)c1. The van der Waals surface area contributed by atoms with Crippen LogP contribution in [0.2, 0.25) is 0 Å². The summed E-state index contributed by atoms with van der Waals surface area (Å²) in [4.78, 5) is 26.3. The van der Waals surface area contributed by atoms with E-state index in [0.717, 1.165) is 24.8 Å². The van der Waals surface area contributed by atoms with Crippen molar-refractivity contribution in [3.63, 3.8) is 0 Å². The Labute approximate surface area is 158 Å². The lowest BCUT2D eigenvalue weighted by atomic mass is 10.1. The Hall–Kier alpha value is -2.87. The molecule has 8 heteroatoms. The van der Waals surface area contributed by atoms with E-state index in [2.05, 4.69) is 10.0 Å². The van der Waals surface area contributed by atoms with Gasteiger partial charge in [0.05, 0.1) is 6.26 Å². The van der Waals surface area contributed by atoms with Crippen molar-refractivity contribution in [2.45, 2.75) is 19.3 Å². The Morgan fingerprint density at radius 1 is 1.04 bits per heavy atom. The third-order valence-corrected chi connectivity index (χ3v) is 4.77. The molecule has 3 rings (SSSR count). The molecule has 1 aliphatic heterocycles. The second-order valence-electron chi connectivity index (χ2n) is 6.46. The fourth-order valence-electron chi connectivity index (χ4n) is 2.97. The van der Waals surface area contributed by atoms with Crippen molar-refractivity contribution in [1.82, 2.24) is 0 Å². The molecule has 0 saturated carbocycles. The molecule has 27 heavy (non-hydrogen) atoms. The van der Waals surface area contributed by atoms with Crippen molar-refractivity contribution >= 4 is 38.9 Å². The zero-order chi connectivity index (χ0) is 19.4. The number of hydrogen-bond acceptors (Lipinski definition) is 4. The Morgan fingerprint density at radius 2 is 1.78 bits per heavy atom. The number of carbonyl (C=O) groups excluding carboxylic acids is 2. The van der Waals surface area contributed by atoms with Gasteiger partial charge in [0.2, 0.25) is 15.9 Å². The molecule has 0 atom stereocenters. The molecule has 2 aromatic rings. The van der Waals surface area contributed by atoms with E-state index in [9.17, 15) is 18.0 Å². The molecule has 1 aliphatic rings. The normalized spacial score (nSPS) is 14.7. The summed E-state index contributed by atoms with van der Waals surface area (Å²) in [6.07, 6.45) is 3.45. The van der Waals surface area contributed by atoms with Gasteiger partial charge in [0.25, 0.3) is 5.91 Å². The van der Waals surface area contributed by atoms with E-state index in [1.165, 1.54) is 6.07 Å². The van der Waals surface area contributed by atoms with E-state index < -0.39 is 10.0 Å². The van der Waals surface area contributed by atoms with Gasteiger partial charge in [-0.25, -0.2) is 8.42 Å². The molecule has 2 aromatic carbocycles. The monoisotopic (exact) mass is 387 g/mol. The van der Waals surface area contributed by atoms with Crippen LogP contribution in [0, 0.1) is 0 Å². The van der Waals surface area contributed by atoms with Gasteiger partial charge in [-0.3, -0.25) is 14.3 Å². The second-order valence-corrected chi connectivity index (χ2v) is 8.21. The van der Waals surface area contributed by atoms with Gasteiger partial charge in [-0.1, -0.05) is 12.1 Å². The summed E-state index contributed by atoms with van der Waals surface area (Å²) in [7, 11) is -3.42. The zero-order valence-corrected chi connectivity index (χ0v) is 15.8. The third-order valence-electron chi connectivity index (χ3n) is 4.17. The van der Waals surface area contributed by atoms with Crippen LogP contribution in [0.25, 0.3) is 0 Å². The molecular formula is C19H21N3O4S. The van der Waals surface area contributed by atoms with E-state index >= 15 is 0 Å². The zero-order valence-electron chi connectivity index (χ0n) is 14.9. The van der Waals surface area contributed by atoms with E-state index in [-0.39, 0.29) is 11.8 Å². The van der Waals surface area contributed by atoms with Crippen LogP contribution in [0.15, 0.2) is 48.5 Å². The molecule has 2 amide bonds. The lowest BCUT2D eigenvalue weighted by molar-refractivity contribution is -0.119. The number of carbonyl (C=O) groups is 2. The highest BCUT2D eigenvalue weighted by atomic mass is 32.2. The van der Waals surface area contributed by atoms with Crippen LogP contribution in [0.1, 0.15) is 29.6 Å². The third kappa shape index (κ3) is 5.07. The first-order chi connectivity index (χ1) is 12.8. The van der Waals surface area contributed by atoms with E-state index in [1.807, 2.05) is 6.07 Å².